The summed E-state index contributed by atoms with van der Waals surface area (Å²) in [6.45, 7) is 8.60. The fourth-order valence-electron chi connectivity index (χ4n) is 4.95. The Hall–Kier alpha value is -3.53. The van der Waals surface area contributed by atoms with Crippen LogP contribution in [0.3, 0.4) is 0 Å². The normalized spacial score (nSPS) is 14.5. The smallest absolute Gasteiger partial charge is 0.405 e. The van der Waals surface area contributed by atoms with Gasteiger partial charge < -0.3 is 19.4 Å². The Morgan fingerprint density at radius 3 is 2.60 bits per heavy atom. The van der Waals surface area contributed by atoms with Crippen molar-refractivity contribution in [2.24, 2.45) is 0 Å². The number of nitrogens with one attached hydrogen (secondary N) is 1. The number of halogens is 3. The van der Waals surface area contributed by atoms with Gasteiger partial charge in [0.25, 0.3) is 0 Å². The topological polar surface area (TPSA) is 66.1 Å². The van der Waals surface area contributed by atoms with Crippen molar-refractivity contribution in [2.75, 3.05) is 19.0 Å². The second-order valence-electron chi connectivity index (χ2n) is 9.22. The molecule has 0 aliphatic carbocycles. The molecule has 0 radical (unpaired) electrons. The number of rotatable bonds is 5. The number of fused-ring (bicyclic) bond motifs is 4. The maximum atomic E-state index is 13.6. The van der Waals surface area contributed by atoms with Gasteiger partial charge in [-0.25, -0.2) is 0 Å². The summed E-state index contributed by atoms with van der Waals surface area (Å²) in [6, 6.07) is 8.94. The van der Waals surface area contributed by atoms with E-state index < -0.39 is 11.9 Å². The van der Waals surface area contributed by atoms with Crippen LogP contribution in [0.2, 0.25) is 0 Å². The van der Waals surface area contributed by atoms with E-state index in [1.54, 1.807) is 14.0 Å². The van der Waals surface area contributed by atoms with Gasteiger partial charge >= 0.3 is 6.36 Å². The van der Waals surface area contributed by atoms with E-state index in [9.17, 15) is 13.2 Å². The van der Waals surface area contributed by atoms with Gasteiger partial charge in [0.05, 0.1) is 23.5 Å². The lowest BCUT2D eigenvalue weighted by Gasteiger charge is -2.35. The molecule has 7 nitrogen and oxygen atoms in total. The van der Waals surface area contributed by atoms with Gasteiger partial charge in [-0.3, -0.25) is 4.57 Å². The van der Waals surface area contributed by atoms with Crippen molar-refractivity contribution >= 4 is 16.6 Å². The zero-order chi connectivity index (χ0) is 25.1. The standard InChI is InChI=1S/C25H26F3N5O2/c1-14-21(17-7-6-8-19-16(17)9-10-32(19)11-12-34-5)20(35-25(26,27)28)13-18-22(14)33-15(2)30-31-23(33)24(3,4)29-18/h6-10,13,29H,11-12H2,1-5H3. The zero-order valence-electron chi connectivity index (χ0n) is 20.1. The first-order valence-electron chi connectivity index (χ1n) is 11.2. The Bertz CT molecular complexity index is 1440. The molecule has 2 aromatic heterocycles. The predicted octanol–water partition coefficient (Wildman–Crippen LogP) is 5.71. The molecule has 1 aliphatic rings. The summed E-state index contributed by atoms with van der Waals surface area (Å²) in [6.07, 6.45) is -2.94. The van der Waals surface area contributed by atoms with Crippen molar-refractivity contribution in [2.45, 2.75) is 46.1 Å². The maximum Gasteiger partial charge on any atom is 0.573 e. The van der Waals surface area contributed by atoms with E-state index in [-0.39, 0.29) is 5.75 Å². The molecule has 10 heteroatoms. The zero-order valence-corrected chi connectivity index (χ0v) is 20.1. The molecule has 2 aromatic carbocycles. The molecule has 0 saturated carbocycles. The van der Waals surface area contributed by atoms with Gasteiger partial charge in [-0.1, -0.05) is 12.1 Å². The maximum absolute atomic E-state index is 13.6. The number of hydrogen-bond acceptors (Lipinski definition) is 5. The van der Waals surface area contributed by atoms with E-state index in [0.29, 0.717) is 52.9 Å². The third kappa shape index (κ3) is 3.81. The third-order valence-corrected chi connectivity index (χ3v) is 6.41. The van der Waals surface area contributed by atoms with Crippen LogP contribution in [0.25, 0.3) is 27.7 Å². The molecule has 0 spiro atoms. The average Bonchev–Trinajstić information content (AvgIpc) is 3.35. The molecular weight excluding hydrogens is 459 g/mol. The third-order valence-electron chi connectivity index (χ3n) is 6.41. The summed E-state index contributed by atoms with van der Waals surface area (Å²) < 4.78 is 54.5. The van der Waals surface area contributed by atoms with E-state index in [1.807, 2.05) is 60.4 Å². The molecule has 184 valence electrons. The molecule has 0 atom stereocenters. The molecule has 0 unspecified atom stereocenters. The molecule has 0 bridgehead atoms. The molecule has 1 N–H and O–H groups in total. The predicted molar refractivity (Wildman–Crippen MR) is 127 cm³/mol. The molecule has 0 saturated heterocycles. The number of anilines is 1. The average molecular weight is 486 g/mol. The number of benzene rings is 2. The summed E-state index contributed by atoms with van der Waals surface area (Å²) in [4.78, 5) is 0. The number of aromatic nitrogens is 4. The van der Waals surface area contributed by atoms with E-state index in [1.165, 1.54) is 6.07 Å². The van der Waals surface area contributed by atoms with Gasteiger partial charge in [0.15, 0.2) is 5.82 Å². The van der Waals surface area contributed by atoms with Crippen LogP contribution in [-0.2, 0) is 16.8 Å². The van der Waals surface area contributed by atoms with Crippen LogP contribution in [0.4, 0.5) is 18.9 Å². The number of nitrogens with zero attached hydrogens (tertiary/aromatic N) is 4. The van der Waals surface area contributed by atoms with E-state index in [2.05, 4.69) is 20.3 Å². The largest absolute Gasteiger partial charge is 0.573 e. The van der Waals surface area contributed by atoms with Crippen LogP contribution in [0, 0.1) is 13.8 Å². The Morgan fingerprint density at radius 1 is 1.11 bits per heavy atom. The lowest BCUT2D eigenvalue weighted by Crippen LogP contribution is -2.36. The van der Waals surface area contributed by atoms with Crippen molar-refractivity contribution in [1.82, 2.24) is 19.3 Å². The second-order valence-corrected chi connectivity index (χ2v) is 9.22. The first-order chi connectivity index (χ1) is 16.5. The van der Waals surface area contributed by atoms with Gasteiger partial charge in [0.1, 0.15) is 11.6 Å². The van der Waals surface area contributed by atoms with Gasteiger partial charge in [-0.2, -0.15) is 0 Å². The lowest BCUT2D eigenvalue weighted by molar-refractivity contribution is -0.274. The highest BCUT2D eigenvalue weighted by Gasteiger charge is 2.38. The lowest BCUT2D eigenvalue weighted by atomic mass is 9.91. The van der Waals surface area contributed by atoms with Gasteiger partial charge in [-0.05, 0) is 51.0 Å². The highest BCUT2D eigenvalue weighted by Crippen LogP contribution is 2.48. The van der Waals surface area contributed by atoms with Crippen LogP contribution in [-0.4, -0.2) is 39.4 Å². The highest BCUT2D eigenvalue weighted by molar-refractivity contribution is 5.99. The Kier molecular flexibility index (Phi) is 5.32. The van der Waals surface area contributed by atoms with Gasteiger partial charge in [0.2, 0.25) is 0 Å². The van der Waals surface area contributed by atoms with E-state index in [4.69, 9.17) is 4.74 Å². The monoisotopic (exact) mass is 485 g/mol. The SMILES string of the molecule is COCCn1ccc2c(-c3c(OC(F)(F)F)cc4c(c3C)-n3c(C)nnc3C(C)(C)N4)cccc21. The van der Waals surface area contributed by atoms with Crippen LogP contribution in [0.5, 0.6) is 5.75 Å². The van der Waals surface area contributed by atoms with Crippen molar-refractivity contribution in [3.63, 3.8) is 0 Å². The van der Waals surface area contributed by atoms with Crippen LogP contribution >= 0.6 is 0 Å². The number of hydrogen-bond donors (Lipinski definition) is 1. The van der Waals surface area contributed by atoms with Crippen LogP contribution < -0.4 is 10.1 Å². The fraction of sp³-hybridized carbons (Fsp3) is 0.360. The fourth-order valence-corrected chi connectivity index (χ4v) is 4.95. The van der Waals surface area contributed by atoms with Crippen LogP contribution in [0.1, 0.15) is 31.1 Å². The van der Waals surface area contributed by atoms with Crippen molar-refractivity contribution in [1.29, 1.82) is 0 Å². The minimum atomic E-state index is -4.85. The minimum Gasteiger partial charge on any atom is -0.405 e. The van der Waals surface area contributed by atoms with Crippen molar-refractivity contribution in [3.05, 3.63) is 53.7 Å². The second kappa shape index (κ2) is 8.01. The Morgan fingerprint density at radius 2 is 1.89 bits per heavy atom. The summed E-state index contributed by atoms with van der Waals surface area (Å²) in [5.41, 5.74) is 3.14. The molecule has 5 rings (SSSR count). The highest BCUT2D eigenvalue weighted by atomic mass is 19.4. The van der Waals surface area contributed by atoms with Crippen LogP contribution in [0.15, 0.2) is 36.5 Å². The van der Waals surface area contributed by atoms with E-state index >= 15 is 0 Å². The molecule has 1 aliphatic heterocycles. The first-order valence-corrected chi connectivity index (χ1v) is 11.2. The quantitative estimate of drug-likeness (QED) is 0.392. The van der Waals surface area contributed by atoms with Crippen molar-refractivity contribution in [3.8, 4) is 22.6 Å². The number of alkyl halides is 3. The number of aryl methyl sites for hydroxylation is 1. The molecular formula is C25H26F3N5O2. The Labute approximate surface area is 200 Å². The summed E-state index contributed by atoms with van der Waals surface area (Å²) in [7, 11) is 1.63. The van der Waals surface area contributed by atoms with Gasteiger partial charge in [0, 0.05) is 42.4 Å². The number of ether oxygens (including phenoxy) is 2. The van der Waals surface area contributed by atoms with Gasteiger partial charge in [-0.15, -0.1) is 23.4 Å². The minimum absolute atomic E-state index is 0.261. The molecule has 0 fully saturated rings. The molecule has 0 amide bonds. The summed E-state index contributed by atoms with van der Waals surface area (Å²) in [5.74, 6) is 1.08. The molecule has 4 aromatic rings. The first kappa shape index (κ1) is 23.2. The summed E-state index contributed by atoms with van der Waals surface area (Å²) >= 11 is 0. The van der Waals surface area contributed by atoms with Crippen molar-refractivity contribution < 1.29 is 22.6 Å². The Balaban J connectivity index is 1.81. The number of methoxy groups -OCH3 is 1. The van der Waals surface area contributed by atoms with E-state index in [0.717, 1.165) is 10.9 Å². The summed E-state index contributed by atoms with van der Waals surface area (Å²) in [5, 5.41) is 12.7. The molecule has 3 heterocycles. The molecule has 35 heavy (non-hydrogen) atoms.